The lowest BCUT2D eigenvalue weighted by Gasteiger charge is -2.13. The van der Waals surface area contributed by atoms with E-state index in [1.165, 1.54) is 83.5 Å². The maximum atomic E-state index is 10.6. The molecule has 1 heterocycles. The van der Waals surface area contributed by atoms with Gasteiger partial charge in [0.05, 0.1) is 17.6 Å². The SMILES string of the molecule is CCCCCCCCCCCCCCCCn1c(=N)n(CC(O)COc2ccccc2)c2ccccc21. The number of aromatic nitrogens is 2. The van der Waals surface area contributed by atoms with Gasteiger partial charge in [-0.15, -0.1) is 0 Å². The third-order valence-corrected chi connectivity index (χ3v) is 7.29. The summed E-state index contributed by atoms with van der Waals surface area (Å²) in [6.45, 7) is 3.68. The molecule has 1 unspecified atom stereocenters. The molecular formula is C32H49N3O2. The molecule has 0 aliphatic rings. The molecule has 0 fully saturated rings. The molecule has 0 saturated carbocycles. The molecule has 0 aliphatic carbocycles. The average Bonchev–Trinajstić information content (AvgIpc) is 3.18. The van der Waals surface area contributed by atoms with Crippen molar-refractivity contribution in [2.45, 2.75) is 116 Å². The number of rotatable bonds is 20. The Balaban J connectivity index is 1.36. The fourth-order valence-corrected chi connectivity index (χ4v) is 5.14. The lowest BCUT2D eigenvalue weighted by atomic mass is 10.0. The van der Waals surface area contributed by atoms with E-state index in [-0.39, 0.29) is 6.61 Å². The number of unbranched alkanes of at least 4 members (excludes halogenated alkanes) is 13. The molecule has 1 atom stereocenters. The number of hydrogen-bond donors (Lipinski definition) is 2. The molecule has 5 heteroatoms. The van der Waals surface area contributed by atoms with E-state index in [0.717, 1.165) is 29.7 Å². The van der Waals surface area contributed by atoms with Crippen LogP contribution < -0.4 is 10.4 Å². The van der Waals surface area contributed by atoms with Crippen molar-refractivity contribution in [2.75, 3.05) is 6.61 Å². The van der Waals surface area contributed by atoms with Gasteiger partial charge in [0.25, 0.3) is 0 Å². The minimum Gasteiger partial charge on any atom is -0.491 e. The van der Waals surface area contributed by atoms with Crippen LogP contribution in [0.5, 0.6) is 5.75 Å². The molecule has 2 aromatic carbocycles. The van der Waals surface area contributed by atoms with E-state index in [9.17, 15) is 5.11 Å². The first-order valence-electron chi connectivity index (χ1n) is 14.8. The van der Waals surface area contributed by atoms with Gasteiger partial charge in [0.2, 0.25) is 5.62 Å². The van der Waals surface area contributed by atoms with Gasteiger partial charge in [-0.3, -0.25) is 5.41 Å². The van der Waals surface area contributed by atoms with Gasteiger partial charge in [0, 0.05) is 6.54 Å². The van der Waals surface area contributed by atoms with E-state index in [4.69, 9.17) is 10.1 Å². The molecule has 3 aromatic rings. The van der Waals surface area contributed by atoms with Crippen LogP contribution in [0.2, 0.25) is 0 Å². The van der Waals surface area contributed by atoms with Gasteiger partial charge < -0.3 is 19.0 Å². The minimum atomic E-state index is -0.686. The quantitative estimate of drug-likeness (QED) is 0.153. The zero-order valence-corrected chi connectivity index (χ0v) is 23.0. The van der Waals surface area contributed by atoms with Crippen molar-refractivity contribution in [3.05, 3.63) is 60.2 Å². The summed E-state index contributed by atoms with van der Waals surface area (Å²) < 4.78 is 9.74. The number of imidazole rings is 1. The van der Waals surface area contributed by atoms with Crippen LogP contribution in [0.25, 0.3) is 11.0 Å². The molecular weight excluding hydrogens is 458 g/mol. The van der Waals surface area contributed by atoms with Crippen molar-refractivity contribution in [2.24, 2.45) is 0 Å². The number of nitrogens with zero attached hydrogens (tertiary/aromatic N) is 2. The van der Waals surface area contributed by atoms with Gasteiger partial charge in [0.1, 0.15) is 18.5 Å². The zero-order chi connectivity index (χ0) is 26.1. The van der Waals surface area contributed by atoms with Crippen molar-refractivity contribution in [3.8, 4) is 5.75 Å². The lowest BCUT2D eigenvalue weighted by Crippen LogP contribution is -2.31. The Morgan fingerprint density at radius 3 is 1.73 bits per heavy atom. The van der Waals surface area contributed by atoms with Crippen molar-refractivity contribution in [1.82, 2.24) is 9.13 Å². The molecule has 0 aliphatic heterocycles. The van der Waals surface area contributed by atoms with Crippen LogP contribution in [-0.2, 0) is 13.1 Å². The monoisotopic (exact) mass is 507 g/mol. The highest BCUT2D eigenvalue weighted by Gasteiger charge is 2.14. The number of aliphatic hydroxyl groups excluding tert-OH is 1. The van der Waals surface area contributed by atoms with Crippen LogP contribution >= 0.6 is 0 Å². The molecule has 5 nitrogen and oxygen atoms in total. The predicted molar refractivity (Wildman–Crippen MR) is 154 cm³/mol. The number of ether oxygens (including phenoxy) is 1. The van der Waals surface area contributed by atoms with Gasteiger partial charge in [-0.05, 0) is 30.7 Å². The highest BCUT2D eigenvalue weighted by atomic mass is 16.5. The van der Waals surface area contributed by atoms with Gasteiger partial charge >= 0.3 is 0 Å². The first kappa shape index (κ1) is 29.0. The topological polar surface area (TPSA) is 63.2 Å². The summed E-state index contributed by atoms with van der Waals surface area (Å²) in [4.78, 5) is 0. The molecule has 0 radical (unpaired) electrons. The van der Waals surface area contributed by atoms with E-state index < -0.39 is 6.10 Å². The number of fused-ring (bicyclic) bond motifs is 1. The highest BCUT2D eigenvalue weighted by molar-refractivity contribution is 5.75. The second-order valence-corrected chi connectivity index (χ2v) is 10.4. The first-order chi connectivity index (χ1) is 18.2. The first-order valence-corrected chi connectivity index (χ1v) is 14.8. The lowest BCUT2D eigenvalue weighted by molar-refractivity contribution is 0.0921. The Kier molecular flexibility index (Phi) is 13.4. The smallest absolute Gasteiger partial charge is 0.203 e. The Morgan fingerprint density at radius 2 is 1.16 bits per heavy atom. The molecule has 0 saturated heterocycles. The highest BCUT2D eigenvalue weighted by Crippen LogP contribution is 2.17. The van der Waals surface area contributed by atoms with E-state index in [0.29, 0.717) is 12.2 Å². The van der Waals surface area contributed by atoms with Gasteiger partial charge in [0.15, 0.2) is 0 Å². The van der Waals surface area contributed by atoms with E-state index in [1.807, 2.05) is 53.1 Å². The van der Waals surface area contributed by atoms with Gasteiger partial charge in [-0.2, -0.15) is 0 Å². The van der Waals surface area contributed by atoms with Crippen molar-refractivity contribution >= 4 is 11.0 Å². The largest absolute Gasteiger partial charge is 0.491 e. The third kappa shape index (κ3) is 10.0. The summed E-state index contributed by atoms with van der Waals surface area (Å²) in [5, 5.41) is 19.4. The van der Waals surface area contributed by atoms with Crippen LogP contribution in [0.15, 0.2) is 54.6 Å². The number of para-hydroxylation sites is 3. The fourth-order valence-electron chi connectivity index (χ4n) is 5.14. The zero-order valence-electron chi connectivity index (χ0n) is 23.0. The maximum Gasteiger partial charge on any atom is 0.203 e. The van der Waals surface area contributed by atoms with Crippen molar-refractivity contribution in [3.63, 3.8) is 0 Å². The van der Waals surface area contributed by atoms with Crippen molar-refractivity contribution in [1.29, 1.82) is 5.41 Å². The Hall–Kier alpha value is -2.53. The van der Waals surface area contributed by atoms with E-state index in [2.05, 4.69) is 17.6 Å². The molecule has 204 valence electrons. The number of benzene rings is 2. The summed E-state index contributed by atoms with van der Waals surface area (Å²) in [5.41, 5.74) is 2.52. The summed E-state index contributed by atoms with van der Waals surface area (Å²) in [6, 6.07) is 17.7. The van der Waals surface area contributed by atoms with Crippen LogP contribution in [-0.4, -0.2) is 27.0 Å². The fraction of sp³-hybridized carbons (Fsp3) is 0.594. The van der Waals surface area contributed by atoms with E-state index >= 15 is 0 Å². The van der Waals surface area contributed by atoms with Gasteiger partial charge in [-0.25, -0.2) is 0 Å². The number of hydrogen-bond acceptors (Lipinski definition) is 3. The minimum absolute atomic E-state index is 0.203. The molecule has 0 spiro atoms. The Bertz CT molecular complexity index is 1060. The van der Waals surface area contributed by atoms with Crippen LogP contribution in [0.4, 0.5) is 0 Å². The molecule has 1 aromatic heterocycles. The van der Waals surface area contributed by atoms with E-state index in [1.54, 1.807) is 0 Å². The van der Waals surface area contributed by atoms with Gasteiger partial charge in [-0.1, -0.05) is 121 Å². The van der Waals surface area contributed by atoms with Crippen LogP contribution in [0.1, 0.15) is 96.8 Å². The summed E-state index contributed by atoms with van der Waals surface area (Å²) in [7, 11) is 0. The molecule has 0 bridgehead atoms. The Morgan fingerprint density at radius 1 is 0.676 bits per heavy atom. The molecule has 37 heavy (non-hydrogen) atoms. The predicted octanol–water partition coefficient (Wildman–Crippen LogP) is 7.84. The molecule has 3 rings (SSSR count). The van der Waals surface area contributed by atoms with Crippen molar-refractivity contribution < 1.29 is 9.84 Å². The van der Waals surface area contributed by atoms with Crippen LogP contribution in [0, 0.1) is 5.41 Å². The number of aryl methyl sites for hydroxylation is 1. The third-order valence-electron chi connectivity index (χ3n) is 7.29. The van der Waals surface area contributed by atoms with Crippen LogP contribution in [0.3, 0.4) is 0 Å². The summed E-state index contributed by atoms with van der Waals surface area (Å²) >= 11 is 0. The second kappa shape index (κ2) is 17.1. The summed E-state index contributed by atoms with van der Waals surface area (Å²) in [6.07, 6.45) is 18.2. The Labute approximate surface area is 224 Å². The normalized spacial score (nSPS) is 12.3. The second-order valence-electron chi connectivity index (χ2n) is 10.4. The summed E-state index contributed by atoms with van der Waals surface area (Å²) in [5.74, 6) is 0.748. The standard InChI is InChI=1S/C32H49N3O2/c1-2-3-4-5-6-7-8-9-10-11-12-13-14-20-25-34-30-23-18-19-24-31(30)35(32(34)33)26-28(36)27-37-29-21-16-15-17-22-29/h15-19,21-24,28,33,36H,2-14,20,25-27H2,1H3. The average molecular weight is 508 g/mol. The molecule has 2 N–H and O–H groups in total. The molecule has 0 amide bonds. The number of aliphatic hydroxyl groups is 1. The number of nitrogens with one attached hydrogen (secondary N) is 1. The maximum absolute atomic E-state index is 10.6.